The molecular weight excluding hydrogens is 214 g/mol. The number of hydrogen-bond donors (Lipinski definition) is 4. The molecule has 1 aromatic carbocycles. The molecule has 1 atom stereocenters. The Bertz CT molecular complexity index is 356. The zero-order valence-corrected chi connectivity index (χ0v) is 9.82. The topological polar surface area (TPSA) is 74.5 Å². The van der Waals surface area contributed by atoms with Gasteiger partial charge in [0.15, 0.2) is 5.96 Å². The van der Waals surface area contributed by atoms with Crippen LogP contribution in [0, 0.1) is 0 Å². The predicted octanol–water partition coefficient (Wildman–Crippen LogP) is -0.0426. The molecule has 5 N–H and O–H groups in total. The van der Waals surface area contributed by atoms with E-state index in [9.17, 15) is 0 Å². The van der Waals surface area contributed by atoms with E-state index < -0.39 is 0 Å². The van der Waals surface area contributed by atoms with Crippen molar-refractivity contribution >= 4 is 5.96 Å². The van der Waals surface area contributed by atoms with Crippen LogP contribution in [-0.4, -0.2) is 25.1 Å². The summed E-state index contributed by atoms with van der Waals surface area (Å²) in [5.41, 5.74) is 13.2. The monoisotopic (exact) mass is 233 g/mol. The summed E-state index contributed by atoms with van der Waals surface area (Å²) in [6.07, 6.45) is 1.11. The summed E-state index contributed by atoms with van der Waals surface area (Å²) in [4.78, 5) is 4.29. The number of hydrazine groups is 1. The lowest BCUT2D eigenvalue weighted by molar-refractivity contribution is 0.544. The van der Waals surface area contributed by atoms with Gasteiger partial charge in [-0.25, -0.2) is 4.99 Å². The molecule has 0 bridgehead atoms. The Hall–Kier alpha value is -1.59. The minimum Gasteiger partial charge on any atom is -0.370 e. The minimum absolute atomic E-state index is 0.431. The van der Waals surface area contributed by atoms with Crippen LogP contribution in [0.15, 0.2) is 35.3 Å². The van der Waals surface area contributed by atoms with Gasteiger partial charge < -0.3 is 11.1 Å². The van der Waals surface area contributed by atoms with E-state index in [1.54, 1.807) is 0 Å². The Balaban J connectivity index is 1.73. The highest BCUT2D eigenvalue weighted by Gasteiger charge is 2.12. The third-order valence-electron chi connectivity index (χ3n) is 2.73. The number of nitrogens with zero attached hydrogens (tertiary/aromatic N) is 1. The van der Waals surface area contributed by atoms with Crippen molar-refractivity contribution in [2.24, 2.45) is 10.7 Å². The van der Waals surface area contributed by atoms with Crippen molar-refractivity contribution in [2.75, 3.05) is 13.1 Å². The second kappa shape index (κ2) is 6.22. The van der Waals surface area contributed by atoms with Crippen molar-refractivity contribution in [1.82, 2.24) is 16.2 Å². The van der Waals surface area contributed by atoms with Crippen LogP contribution in [-0.2, 0) is 6.54 Å². The van der Waals surface area contributed by atoms with Crippen molar-refractivity contribution in [3.8, 4) is 0 Å². The number of benzene rings is 1. The van der Waals surface area contributed by atoms with Gasteiger partial charge in [-0.05, 0) is 12.0 Å². The number of hydrogen-bond acceptors (Lipinski definition) is 3. The zero-order chi connectivity index (χ0) is 11.9. The summed E-state index contributed by atoms with van der Waals surface area (Å²) in [5.74, 6) is 0.502. The summed E-state index contributed by atoms with van der Waals surface area (Å²) in [7, 11) is 0. The number of rotatable bonds is 4. The highest BCUT2D eigenvalue weighted by atomic mass is 15.4. The third-order valence-corrected chi connectivity index (χ3v) is 2.73. The molecule has 1 aromatic rings. The fourth-order valence-electron chi connectivity index (χ4n) is 1.73. The summed E-state index contributed by atoms with van der Waals surface area (Å²) >= 11 is 0. The molecule has 1 saturated heterocycles. The number of guanidine groups is 1. The van der Waals surface area contributed by atoms with Gasteiger partial charge in [0.2, 0.25) is 0 Å². The molecule has 5 heteroatoms. The summed E-state index contributed by atoms with van der Waals surface area (Å²) in [6.45, 7) is 2.43. The Morgan fingerprint density at radius 1 is 1.41 bits per heavy atom. The molecule has 1 fully saturated rings. The lowest BCUT2D eigenvalue weighted by atomic mass is 10.2. The van der Waals surface area contributed by atoms with Gasteiger partial charge in [-0.1, -0.05) is 30.3 Å². The van der Waals surface area contributed by atoms with Crippen molar-refractivity contribution in [3.63, 3.8) is 0 Å². The number of aliphatic imine (C=N–C) groups is 1. The summed E-state index contributed by atoms with van der Waals surface area (Å²) < 4.78 is 0. The van der Waals surface area contributed by atoms with Crippen molar-refractivity contribution in [3.05, 3.63) is 35.9 Å². The van der Waals surface area contributed by atoms with Crippen LogP contribution in [0.1, 0.15) is 12.0 Å². The van der Waals surface area contributed by atoms with E-state index in [1.165, 1.54) is 0 Å². The maximum atomic E-state index is 5.79. The zero-order valence-electron chi connectivity index (χ0n) is 9.82. The molecule has 0 amide bonds. The van der Waals surface area contributed by atoms with Crippen LogP contribution in [0.5, 0.6) is 0 Å². The third kappa shape index (κ3) is 4.05. The molecule has 0 spiro atoms. The van der Waals surface area contributed by atoms with Crippen molar-refractivity contribution in [2.45, 2.75) is 19.0 Å². The van der Waals surface area contributed by atoms with Crippen LogP contribution in [0.3, 0.4) is 0 Å². The first-order chi connectivity index (χ1) is 8.34. The first-order valence-electron chi connectivity index (χ1n) is 5.91. The summed E-state index contributed by atoms with van der Waals surface area (Å²) in [6, 6.07) is 10.5. The Labute approximate surface area is 101 Å². The molecule has 0 aliphatic carbocycles. The van der Waals surface area contributed by atoms with E-state index in [-0.39, 0.29) is 0 Å². The maximum absolute atomic E-state index is 5.79. The lowest BCUT2D eigenvalue weighted by Gasteiger charge is -2.11. The summed E-state index contributed by atoms with van der Waals surface area (Å²) in [5, 5.41) is 3.12. The minimum atomic E-state index is 0.431. The number of nitrogens with one attached hydrogen (secondary N) is 3. The molecule has 92 valence electrons. The Kier molecular flexibility index (Phi) is 4.35. The largest absolute Gasteiger partial charge is 0.370 e. The first kappa shape index (κ1) is 11.9. The lowest BCUT2D eigenvalue weighted by Crippen LogP contribution is -2.42. The van der Waals surface area contributed by atoms with E-state index in [2.05, 4.69) is 21.2 Å². The smallest absolute Gasteiger partial charge is 0.188 e. The van der Waals surface area contributed by atoms with Gasteiger partial charge >= 0.3 is 0 Å². The highest BCUT2D eigenvalue weighted by Crippen LogP contribution is 1.99. The first-order valence-corrected chi connectivity index (χ1v) is 5.91. The normalized spacial score (nSPS) is 20.5. The molecule has 1 aliphatic heterocycles. The Morgan fingerprint density at radius 3 is 2.94 bits per heavy atom. The molecular formula is C12H19N5. The fraction of sp³-hybridized carbons (Fsp3) is 0.417. The van der Waals surface area contributed by atoms with E-state index in [0.717, 1.165) is 25.1 Å². The molecule has 1 aliphatic rings. The second-order valence-electron chi connectivity index (χ2n) is 4.12. The average Bonchev–Trinajstić information content (AvgIpc) is 2.88. The van der Waals surface area contributed by atoms with Gasteiger partial charge in [0.05, 0.1) is 6.54 Å². The molecule has 17 heavy (non-hydrogen) atoms. The van der Waals surface area contributed by atoms with Crippen LogP contribution in [0.2, 0.25) is 0 Å². The quantitative estimate of drug-likeness (QED) is 0.435. The van der Waals surface area contributed by atoms with Crippen LogP contribution in [0.25, 0.3) is 0 Å². The predicted molar refractivity (Wildman–Crippen MR) is 69.3 cm³/mol. The van der Waals surface area contributed by atoms with E-state index in [4.69, 9.17) is 5.73 Å². The standard InChI is InChI=1S/C12H19N5/c13-12(15-9-11-6-7-16-17-11)14-8-10-4-2-1-3-5-10/h1-5,11,16-17H,6-9H2,(H3,13,14,15). The molecule has 1 heterocycles. The number of nitrogens with two attached hydrogens (primary N) is 1. The van der Waals surface area contributed by atoms with Crippen LogP contribution >= 0.6 is 0 Å². The molecule has 1 unspecified atom stereocenters. The van der Waals surface area contributed by atoms with Gasteiger partial charge in [-0.2, -0.15) is 0 Å². The van der Waals surface area contributed by atoms with E-state index in [0.29, 0.717) is 18.5 Å². The molecule has 0 aromatic heterocycles. The van der Waals surface area contributed by atoms with Crippen molar-refractivity contribution < 1.29 is 0 Å². The Morgan fingerprint density at radius 2 is 2.24 bits per heavy atom. The van der Waals surface area contributed by atoms with Gasteiger partial charge in [0.25, 0.3) is 0 Å². The highest BCUT2D eigenvalue weighted by molar-refractivity contribution is 5.77. The van der Waals surface area contributed by atoms with Gasteiger partial charge in [-0.3, -0.25) is 10.9 Å². The molecule has 5 nitrogen and oxygen atoms in total. The van der Waals surface area contributed by atoms with Gasteiger partial charge in [-0.15, -0.1) is 0 Å². The van der Waals surface area contributed by atoms with Crippen LogP contribution in [0.4, 0.5) is 0 Å². The van der Waals surface area contributed by atoms with Crippen molar-refractivity contribution in [1.29, 1.82) is 0 Å². The van der Waals surface area contributed by atoms with E-state index >= 15 is 0 Å². The SMILES string of the molecule is NC(=NCc1ccccc1)NCC1CCNN1. The van der Waals surface area contributed by atoms with Gasteiger partial charge in [0.1, 0.15) is 0 Å². The molecule has 0 saturated carbocycles. The second-order valence-corrected chi connectivity index (χ2v) is 4.12. The molecule has 2 rings (SSSR count). The average molecular weight is 233 g/mol. The van der Waals surface area contributed by atoms with Gasteiger partial charge in [0, 0.05) is 19.1 Å². The van der Waals surface area contributed by atoms with Crippen LogP contribution < -0.4 is 21.9 Å². The fourth-order valence-corrected chi connectivity index (χ4v) is 1.73. The maximum Gasteiger partial charge on any atom is 0.188 e. The van der Waals surface area contributed by atoms with E-state index in [1.807, 2.05) is 30.3 Å². The molecule has 0 radical (unpaired) electrons.